The molecule has 0 aromatic heterocycles. The van der Waals surface area contributed by atoms with Crippen LogP contribution in [0.5, 0.6) is 11.5 Å². The molecule has 0 atom stereocenters. The highest BCUT2D eigenvalue weighted by Gasteiger charge is 2.43. The van der Waals surface area contributed by atoms with Crippen molar-refractivity contribution in [2.45, 2.75) is 37.7 Å². The molecule has 0 radical (unpaired) electrons. The van der Waals surface area contributed by atoms with Gasteiger partial charge in [-0.25, -0.2) is 0 Å². The molecule has 27 heavy (non-hydrogen) atoms. The summed E-state index contributed by atoms with van der Waals surface area (Å²) in [6, 6.07) is 4.15. The molecule has 1 spiro atoms. The van der Waals surface area contributed by atoms with E-state index in [9.17, 15) is 4.79 Å². The smallest absolute Gasteiger partial charge is 0.225 e. The Labute approximate surface area is 160 Å². The monoisotopic (exact) mass is 375 g/mol. The first-order chi connectivity index (χ1) is 13.2. The summed E-state index contributed by atoms with van der Waals surface area (Å²) in [6.45, 7) is 3.59. The number of hydrogen-bond acceptors (Lipinski definition) is 5. The lowest BCUT2D eigenvalue weighted by Gasteiger charge is -2.46. The van der Waals surface area contributed by atoms with Crippen molar-refractivity contribution in [3.05, 3.63) is 23.3 Å². The molecule has 0 aliphatic carbocycles. The van der Waals surface area contributed by atoms with Gasteiger partial charge < -0.3 is 23.8 Å². The van der Waals surface area contributed by atoms with Gasteiger partial charge in [-0.1, -0.05) is 0 Å². The minimum atomic E-state index is -0.320. The van der Waals surface area contributed by atoms with Crippen LogP contribution in [0.2, 0.25) is 0 Å². The Kier molecular flexibility index (Phi) is 5.28. The number of rotatable bonds is 3. The van der Waals surface area contributed by atoms with Gasteiger partial charge in [0, 0.05) is 32.2 Å². The Morgan fingerprint density at radius 3 is 2.41 bits per heavy atom. The number of ether oxygens (including phenoxy) is 4. The molecule has 4 rings (SSSR count). The third-order valence-corrected chi connectivity index (χ3v) is 6.30. The van der Waals surface area contributed by atoms with E-state index in [1.807, 2.05) is 4.90 Å². The zero-order valence-corrected chi connectivity index (χ0v) is 16.3. The van der Waals surface area contributed by atoms with Crippen molar-refractivity contribution in [2.75, 3.05) is 47.1 Å². The van der Waals surface area contributed by atoms with Crippen LogP contribution in [-0.4, -0.2) is 57.9 Å². The van der Waals surface area contributed by atoms with Gasteiger partial charge in [0.05, 0.1) is 26.4 Å². The fourth-order valence-corrected chi connectivity index (χ4v) is 4.69. The molecule has 3 aliphatic rings. The van der Waals surface area contributed by atoms with E-state index in [2.05, 4.69) is 12.1 Å². The molecule has 1 aromatic carbocycles. The largest absolute Gasteiger partial charge is 0.493 e. The molecule has 0 unspecified atom stereocenters. The van der Waals surface area contributed by atoms with Gasteiger partial charge in [0.15, 0.2) is 11.5 Å². The minimum Gasteiger partial charge on any atom is -0.493 e. The Bertz CT molecular complexity index is 690. The number of likely N-dealkylation sites (tertiary alicyclic amines) is 1. The highest BCUT2D eigenvalue weighted by Crippen LogP contribution is 2.45. The number of benzene rings is 1. The van der Waals surface area contributed by atoms with E-state index in [-0.39, 0.29) is 17.4 Å². The Hall–Kier alpha value is -1.79. The highest BCUT2D eigenvalue weighted by molar-refractivity contribution is 5.79. The first kappa shape index (κ1) is 18.6. The van der Waals surface area contributed by atoms with Gasteiger partial charge in [-0.2, -0.15) is 0 Å². The summed E-state index contributed by atoms with van der Waals surface area (Å²) in [7, 11) is 3.33. The molecular weight excluding hydrogens is 346 g/mol. The van der Waals surface area contributed by atoms with Crippen LogP contribution in [0.1, 0.15) is 36.8 Å². The molecule has 6 heteroatoms. The molecule has 0 bridgehead atoms. The van der Waals surface area contributed by atoms with Crippen molar-refractivity contribution in [2.24, 2.45) is 5.92 Å². The zero-order valence-electron chi connectivity index (χ0n) is 16.3. The van der Waals surface area contributed by atoms with Crippen molar-refractivity contribution in [1.82, 2.24) is 4.90 Å². The fraction of sp³-hybridized carbons (Fsp3) is 0.667. The first-order valence-corrected chi connectivity index (χ1v) is 9.93. The number of methoxy groups -OCH3 is 2. The van der Waals surface area contributed by atoms with Crippen LogP contribution in [0.25, 0.3) is 0 Å². The van der Waals surface area contributed by atoms with Crippen LogP contribution in [0.3, 0.4) is 0 Å². The molecular formula is C21H29NO5. The number of fused-ring (bicyclic) bond motifs is 2. The lowest BCUT2D eigenvalue weighted by molar-refractivity contribution is -0.147. The third-order valence-electron chi connectivity index (χ3n) is 6.30. The average Bonchev–Trinajstić information content (AvgIpc) is 2.74. The van der Waals surface area contributed by atoms with Crippen LogP contribution >= 0.6 is 0 Å². The van der Waals surface area contributed by atoms with E-state index in [4.69, 9.17) is 18.9 Å². The molecule has 0 saturated carbocycles. The molecule has 3 aliphatic heterocycles. The Balaban J connectivity index is 1.52. The van der Waals surface area contributed by atoms with Crippen LogP contribution in [0.4, 0.5) is 0 Å². The zero-order chi connectivity index (χ0) is 18.9. The molecule has 0 N–H and O–H groups in total. The maximum absolute atomic E-state index is 12.8. The van der Waals surface area contributed by atoms with E-state index in [1.54, 1.807) is 14.2 Å². The third kappa shape index (κ3) is 3.41. The second-order valence-electron chi connectivity index (χ2n) is 7.67. The molecule has 148 valence electrons. The molecule has 1 amide bonds. The van der Waals surface area contributed by atoms with Gasteiger partial charge in [0.1, 0.15) is 0 Å². The van der Waals surface area contributed by atoms with E-state index in [0.717, 1.165) is 56.7 Å². The summed E-state index contributed by atoms with van der Waals surface area (Å²) in [5.74, 6) is 1.91. The molecule has 2 saturated heterocycles. The number of nitrogens with zero attached hydrogens (tertiary/aromatic N) is 1. The summed E-state index contributed by atoms with van der Waals surface area (Å²) in [5.41, 5.74) is 2.15. The van der Waals surface area contributed by atoms with Crippen molar-refractivity contribution < 1.29 is 23.7 Å². The Morgan fingerprint density at radius 1 is 1.07 bits per heavy atom. The average molecular weight is 375 g/mol. The highest BCUT2D eigenvalue weighted by atomic mass is 16.5. The summed E-state index contributed by atoms with van der Waals surface area (Å²) < 4.78 is 22.7. The molecule has 6 nitrogen and oxygen atoms in total. The van der Waals surface area contributed by atoms with E-state index in [0.29, 0.717) is 19.8 Å². The van der Waals surface area contributed by atoms with Crippen molar-refractivity contribution in [3.8, 4) is 11.5 Å². The molecule has 3 heterocycles. The Morgan fingerprint density at radius 2 is 1.74 bits per heavy atom. The van der Waals surface area contributed by atoms with Gasteiger partial charge >= 0.3 is 0 Å². The number of amides is 1. The topological polar surface area (TPSA) is 57.2 Å². The van der Waals surface area contributed by atoms with E-state index < -0.39 is 0 Å². The van der Waals surface area contributed by atoms with Crippen molar-refractivity contribution >= 4 is 5.91 Å². The second-order valence-corrected chi connectivity index (χ2v) is 7.67. The van der Waals surface area contributed by atoms with E-state index >= 15 is 0 Å². The predicted octanol–water partition coefficient (Wildman–Crippen LogP) is 2.52. The SMILES string of the molecule is COc1cc2c(cc1OC)C1(CCN(C(=O)C3CCOCC3)CC1)OCC2. The van der Waals surface area contributed by atoms with Gasteiger partial charge in [0.25, 0.3) is 0 Å². The van der Waals surface area contributed by atoms with Crippen LogP contribution < -0.4 is 9.47 Å². The van der Waals surface area contributed by atoms with Gasteiger partial charge in [-0.3, -0.25) is 4.79 Å². The second kappa shape index (κ2) is 7.68. The number of carbonyl (C=O) groups excluding carboxylic acids is 1. The first-order valence-electron chi connectivity index (χ1n) is 9.93. The number of carbonyl (C=O) groups is 1. The van der Waals surface area contributed by atoms with Crippen molar-refractivity contribution in [3.63, 3.8) is 0 Å². The summed E-state index contributed by atoms with van der Waals surface area (Å²) in [5, 5.41) is 0. The standard InChI is InChI=1S/C21H29NO5/c1-24-18-13-16-5-12-27-21(17(16)14-19(18)25-2)6-8-22(9-7-21)20(23)15-3-10-26-11-4-15/h13-15H,3-12H2,1-2H3. The lowest BCUT2D eigenvalue weighted by Crippen LogP contribution is -2.50. The van der Waals surface area contributed by atoms with Gasteiger partial charge in [-0.15, -0.1) is 0 Å². The van der Waals surface area contributed by atoms with Gasteiger partial charge in [0.2, 0.25) is 5.91 Å². The maximum Gasteiger partial charge on any atom is 0.225 e. The van der Waals surface area contributed by atoms with Crippen LogP contribution in [-0.2, 0) is 26.3 Å². The predicted molar refractivity (Wildman–Crippen MR) is 100 cm³/mol. The minimum absolute atomic E-state index is 0.122. The summed E-state index contributed by atoms with van der Waals surface area (Å²) in [4.78, 5) is 14.9. The van der Waals surface area contributed by atoms with E-state index in [1.165, 1.54) is 11.1 Å². The molecule has 2 fully saturated rings. The quantitative estimate of drug-likeness (QED) is 0.813. The lowest BCUT2D eigenvalue weighted by atomic mass is 9.79. The normalized spacial score (nSPS) is 22.4. The fourth-order valence-electron chi connectivity index (χ4n) is 4.69. The van der Waals surface area contributed by atoms with Crippen LogP contribution in [0.15, 0.2) is 12.1 Å². The summed E-state index contributed by atoms with van der Waals surface area (Å²) in [6.07, 6.45) is 4.21. The van der Waals surface area contributed by atoms with Crippen LogP contribution in [0, 0.1) is 5.92 Å². The van der Waals surface area contributed by atoms with Crippen molar-refractivity contribution in [1.29, 1.82) is 0 Å². The number of piperidine rings is 1. The summed E-state index contributed by atoms with van der Waals surface area (Å²) >= 11 is 0. The maximum atomic E-state index is 12.8. The van der Waals surface area contributed by atoms with Gasteiger partial charge in [-0.05, 0) is 55.4 Å². The molecule has 1 aromatic rings. The number of hydrogen-bond donors (Lipinski definition) is 0.